The lowest BCUT2D eigenvalue weighted by atomic mass is 9.91. The number of fused-ring (bicyclic) bond motifs is 1. The molecule has 2 aliphatic rings. The van der Waals surface area contributed by atoms with E-state index in [4.69, 9.17) is 0 Å². The van der Waals surface area contributed by atoms with E-state index in [0.717, 1.165) is 19.5 Å². The molecule has 0 unspecified atom stereocenters. The molecule has 164 valence electrons. The van der Waals surface area contributed by atoms with Gasteiger partial charge >= 0.3 is 0 Å². The van der Waals surface area contributed by atoms with Crippen molar-refractivity contribution >= 4 is 29.3 Å². The van der Waals surface area contributed by atoms with Crippen LogP contribution >= 0.6 is 0 Å². The number of benzene rings is 1. The number of nitrogens with one attached hydrogen (secondary N) is 3. The highest BCUT2D eigenvalue weighted by molar-refractivity contribution is 6.04. The van der Waals surface area contributed by atoms with Gasteiger partial charge in [0, 0.05) is 19.5 Å². The summed E-state index contributed by atoms with van der Waals surface area (Å²) in [5.41, 5.74) is 0.328. The first-order valence-electron chi connectivity index (χ1n) is 10.5. The number of aryl methyl sites for hydroxylation is 1. The minimum atomic E-state index is -1.06. The Kier molecular flexibility index (Phi) is 5.51. The molecule has 4 rings (SSSR count). The lowest BCUT2D eigenvalue weighted by Crippen LogP contribution is -2.42. The Morgan fingerprint density at radius 3 is 2.61 bits per heavy atom. The molecule has 0 saturated carbocycles. The number of halogens is 1. The second-order valence-corrected chi connectivity index (χ2v) is 8.78. The minimum absolute atomic E-state index is 0.000400. The first-order valence-corrected chi connectivity index (χ1v) is 10.5. The van der Waals surface area contributed by atoms with Gasteiger partial charge in [0.05, 0.1) is 17.2 Å². The molecular formula is C22H26FN5O3. The summed E-state index contributed by atoms with van der Waals surface area (Å²) in [6, 6.07) is 4.43. The minimum Gasteiger partial charge on any atom is -0.342 e. The molecule has 2 amide bonds. The van der Waals surface area contributed by atoms with E-state index in [-0.39, 0.29) is 23.5 Å². The van der Waals surface area contributed by atoms with Gasteiger partial charge < -0.3 is 15.5 Å². The number of nitrogens with zero attached hydrogens (tertiary/aromatic N) is 2. The summed E-state index contributed by atoms with van der Waals surface area (Å²) in [5.74, 6) is -1.32. The highest BCUT2D eigenvalue weighted by Crippen LogP contribution is 2.31. The summed E-state index contributed by atoms with van der Waals surface area (Å²) < 4.78 is 14.2. The molecular weight excluding hydrogens is 401 g/mol. The van der Waals surface area contributed by atoms with E-state index in [0.29, 0.717) is 23.3 Å². The average Bonchev–Trinajstić information content (AvgIpc) is 2.68. The maximum Gasteiger partial charge on any atom is 0.258 e. The predicted octanol–water partition coefficient (Wildman–Crippen LogP) is 2.76. The number of rotatable bonds is 3. The van der Waals surface area contributed by atoms with Gasteiger partial charge in [0.1, 0.15) is 11.6 Å². The lowest BCUT2D eigenvalue weighted by molar-refractivity contribution is -0.123. The summed E-state index contributed by atoms with van der Waals surface area (Å²) in [7, 11) is 0. The molecule has 1 aromatic heterocycles. The summed E-state index contributed by atoms with van der Waals surface area (Å²) >= 11 is 0. The van der Waals surface area contributed by atoms with Gasteiger partial charge in [-0.05, 0) is 42.9 Å². The molecule has 1 saturated heterocycles. The number of carbonyl (C=O) groups excluding carboxylic acids is 2. The monoisotopic (exact) mass is 427 g/mol. The fraction of sp³-hybridized carbons (Fsp3) is 0.455. The van der Waals surface area contributed by atoms with Crippen LogP contribution in [0.5, 0.6) is 0 Å². The number of H-pyrrole nitrogens is 1. The Hall–Kier alpha value is -3.23. The van der Waals surface area contributed by atoms with Gasteiger partial charge in [-0.25, -0.2) is 4.39 Å². The third-order valence-electron chi connectivity index (χ3n) is 5.81. The molecule has 3 N–H and O–H groups in total. The van der Waals surface area contributed by atoms with Crippen LogP contribution in [0.1, 0.15) is 43.7 Å². The molecule has 0 spiro atoms. The van der Waals surface area contributed by atoms with E-state index in [9.17, 15) is 18.8 Å². The van der Waals surface area contributed by atoms with Crippen molar-refractivity contribution in [3.63, 3.8) is 0 Å². The molecule has 0 radical (unpaired) electrons. The van der Waals surface area contributed by atoms with Crippen molar-refractivity contribution in [2.45, 2.75) is 39.5 Å². The number of aromatic amines is 1. The molecule has 1 fully saturated rings. The van der Waals surface area contributed by atoms with Crippen molar-refractivity contribution in [3.05, 3.63) is 45.5 Å². The second-order valence-electron chi connectivity index (χ2n) is 8.78. The molecule has 0 bridgehead atoms. The number of aromatic nitrogens is 2. The highest BCUT2D eigenvalue weighted by Gasteiger charge is 2.36. The molecule has 3 atom stereocenters. The van der Waals surface area contributed by atoms with E-state index < -0.39 is 29.1 Å². The van der Waals surface area contributed by atoms with Crippen LogP contribution in [-0.2, 0) is 9.59 Å². The van der Waals surface area contributed by atoms with E-state index in [1.165, 1.54) is 12.1 Å². The fourth-order valence-corrected chi connectivity index (χ4v) is 4.51. The number of piperidine rings is 1. The first-order chi connectivity index (χ1) is 14.7. The molecule has 31 heavy (non-hydrogen) atoms. The molecule has 2 aliphatic heterocycles. The van der Waals surface area contributed by atoms with Gasteiger partial charge in [0.2, 0.25) is 17.8 Å². The zero-order chi connectivity index (χ0) is 22.3. The summed E-state index contributed by atoms with van der Waals surface area (Å²) in [5, 5.41) is 5.12. The highest BCUT2D eigenvalue weighted by atomic mass is 19.1. The quantitative estimate of drug-likeness (QED) is 0.698. The van der Waals surface area contributed by atoms with Crippen LogP contribution in [0.4, 0.5) is 21.8 Å². The molecule has 2 aromatic rings. The number of hydrogen-bond acceptors (Lipinski definition) is 5. The molecule has 8 nitrogen and oxygen atoms in total. The van der Waals surface area contributed by atoms with E-state index in [1.807, 2.05) is 4.90 Å². The Morgan fingerprint density at radius 1 is 1.23 bits per heavy atom. The van der Waals surface area contributed by atoms with Crippen LogP contribution in [0.15, 0.2) is 23.0 Å². The van der Waals surface area contributed by atoms with Crippen LogP contribution in [0.2, 0.25) is 0 Å². The Labute approximate surface area is 179 Å². The van der Waals surface area contributed by atoms with Crippen LogP contribution in [0.3, 0.4) is 0 Å². The van der Waals surface area contributed by atoms with Gasteiger partial charge in [-0.3, -0.25) is 19.4 Å². The van der Waals surface area contributed by atoms with Crippen molar-refractivity contribution in [1.82, 2.24) is 9.97 Å². The SMILES string of the molecule is Cc1ccc(NC(=O)[C@@H]2CC(=O)Nc3nc(N4C[C@H](C)C[C@H](C)C4)[nH]c(=O)c32)c(F)c1. The molecule has 1 aromatic carbocycles. The molecule has 0 aliphatic carbocycles. The van der Waals surface area contributed by atoms with Gasteiger partial charge in [-0.2, -0.15) is 4.98 Å². The predicted molar refractivity (Wildman–Crippen MR) is 116 cm³/mol. The third-order valence-corrected chi connectivity index (χ3v) is 5.81. The Bertz CT molecular complexity index is 1090. The second kappa shape index (κ2) is 8.13. The van der Waals surface area contributed by atoms with Crippen LogP contribution in [-0.4, -0.2) is 34.9 Å². The van der Waals surface area contributed by atoms with Crippen LogP contribution in [0.25, 0.3) is 0 Å². The van der Waals surface area contributed by atoms with Crippen LogP contribution in [0, 0.1) is 24.6 Å². The van der Waals surface area contributed by atoms with Crippen molar-refractivity contribution in [2.24, 2.45) is 11.8 Å². The van der Waals surface area contributed by atoms with Crippen molar-refractivity contribution in [1.29, 1.82) is 0 Å². The van der Waals surface area contributed by atoms with E-state index in [2.05, 4.69) is 34.4 Å². The molecule has 3 heterocycles. The maximum absolute atomic E-state index is 14.2. The van der Waals surface area contributed by atoms with E-state index >= 15 is 0 Å². The average molecular weight is 427 g/mol. The van der Waals surface area contributed by atoms with Gasteiger partial charge in [-0.1, -0.05) is 19.9 Å². The third kappa shape index (κ3) is 4.30. The smallest absolute Gasteiger partial charge is 0.258 e. The number of carbonyl (C=O) groups is 2. The zero-order valence-electron chi connectivity index (χ0n) is 17.8. The standard InChI is InChI=1S/C22H26FN5O3/c1-11-4-5-16(15(23)7-11)24-20(30)14-8-17(29)25-19-18(14)21(31)27-22(26-19)28-9-12(2)6-13(3)10-28/h4-5,7,12-14H,6,8-10H2,1-3H3,(H,24,30)(H2,25,26,27,29,31)/t12-,13+,14-/m1/s1. The summed E-state index contributed by atoms with van der Waals surface area (Å²) in [6.45, 7) is 7.52. The Morgan fingerprint density at radius 2 is 1.94 bits per heavy atom. The van der Waals surface area contributed by atoms with Crippen molar-refractivity contribution < 1.29 is 14.0 Å². The number of amides is 2. The topological polar surface area (TPSA) is 107 Å². The maximum atomic E-state index is 14.2. The van der Waals surface area contributed by atoms with Crippen molar-refractivity contribution in [3.8, 4) is 0 Å². The summed E-state index contributed by atoms with van der Waals surface area (Å²) in [4.78, 5) is 47.4. The number of hydrogen-bond donors (Lipinski definition) is 3. The Balaban J connectivity index is 1.65. The van der Waals surface area contributed by atoms with Crippen molar-refractivity contribution in [2.75, 3.05) is 28.6 Å². The largest absolute Gasteiger partial charge is 0.342 e. The normalized spacial score (nSPS) is 23.2. The van der Waals surface area contributed by atoms with E-state index in [1.54, 1.807) is 13.0 Å². The van der Waals surface area contributed by atoms with Gasteiger partial charge in [0.15, 0.2) is 0 Å². The zero-order valence-corrected chi connectivity index (χ0v) is 17.8. The first kappa shape index (κ1) is 21.0. The van der Waals surface area contributed by atoms with Gasteiger partial charge in [-0.15, -0.1) is 0 Å². The number of anilines is 3. The van der Waals surface area contributed by atoms with Crippen LogP contribution < -0.4 is 21.1 Å². The fourth-order valence-electron chi connectivity index (χ4n) is 4.51. The summed E-state index contributed by atoms with van der Waals surface area (Å²) in [6.07, 6.45) is 0.883. The van der Waals surface area contributed by atoms with Gasteiger partial charge in [0.25, 0.3) is 5.56 Å². The lowest BCUT2D eigenvalue weighted by Gasteiger charge is -2.35. The molecule has 9 heteroatoms.